The number of aromatic nitrogens is 1. The number of nitrogens with one attached hydrogen (secondary N) is 1. The van der Waals surface area contributed by atoms with Crippen molar-refractivity contribution in [3.63, 3.8) is 0 Å². The summed E-state index contributed by atoms with van der Waals surface area (Å²) in [7, 11) is 0. The number of anilines is 2. The number of piperazine rings is 1. The van der Waals surface area contributed by atoms with Crippen molar-refractivity contribution < 1.29 is 0 Å². The highest BCUT2D eigenvalue weighted by Crippen LogP contribution is 2.22. The molecule has 1 saturated heterocycles. The van der Waals surface area contributed by atoms with Crippen molar-refractivity contribution in [1.29, 1.82) is 0 Å². The first-order valence-corrected chi connectivity index (χ1v) is 10.4. The Morgan fingerprint density at radius 2 is 1.70 bits per heavy atom. The molecule has 1 aromatic heterocycles. The third kappa shape index (κ3) is 5.01. The Labute approximate surface area is 169 Å². The highest BCUT2D eigenvalue weighted by Gasteiger charge is 2.17. The zero-order valence-electron chi connectivity index (χ0n) is 15.1. The maximum Gasteiger partial charge on any atom is 0.183 e. The van der Waals surface area contributed by atoms with E-state index in [4.69, 9.17) is 11.6 Å². The lowest BCUT2D eigenvalue weighted by molar-refractivity contribution is 0.250. The van der Waals surface area contributed by atoms with E-state index in [-0.39, 0.29) is 0 Å². The van der Waals surface area contributed by atoms with Crippen LogP contribution in [0.4, 0.5) is 11.4 Å². The molecule has 0 saturated carbocycles. The van der Waals surface area contributed by atoms with Gasteiger partial charge in [-0.3, -0.25) is 4.90 Å². The molecule has 0 aliphatic carbocycles. The van der Waals surface area contributed by atoms with Gasteiger partial charge in [-0.1, -0.05) is 41.9 Å². The molecule has 0 radical (unpaired) electrons. The highest BCUT2D eigenvalue weighted by atomic mass is 35.5. The van der Waals surface area contributed by atoms with Crippen LogP contribution in [0.15, 0.2) is 60.8 Å². The third-order valence-corrected chi connectivity index (χ3v) is 5.96. The molecule has 1 aliphatic heterocycles. The van der Waals surface area contributed by atoms with E-state index in [2.05, 4.69) is 74.7 Å². The van der Waals surface area contributed by atoms with Gasteiger partial charge in [0.1, 0.15) is 0 Å². The first-order chi connectivity index (χ1) is 13.3. The number of hydrogen-bond acceptors (Lipinski definition) is 5. The topological polar surface area (TPSA) is 31.4 Å². The van der Waals surface area contributed by atoms with Gasteiger partial charge in [-0.15, -0.1) is 11.3 Å². The van der Waals surface area contributed by atoms with E-state index in [1.807, 2.05) is 6.20 Å². The van der Waals surface area contributed by atoms with Crippen molar-refractivity contribution in [3.05, 3.63) is 75.7 Å². The Kier molecular flexibility index (Phi) is 5.92. The van der Waals surface area contributed by atoms with Crippen LogP contribution in [-0.4, -0.2) is 36.1 Å². The molecule has 6 heteroatoms. The summed E-state index contributed by atoms with van der Waals surface area (Å²) in [6.45, 7) is 6.13. The summed E-state index contributed by atoms with van der Waals surface area (Å²) < 4.78 is 0.591. The van der Waals surface area contributed by atoms with Gasteiger partial charge in [0.15, 0.2) is 4.47 Å². The van der Waals surface area contributed by atoms with E-state index in [9.17, 15) is 0 Å². The van der Waals surface area contributed by atoms with Gasteiger partial charge in [0.05, 0.1) is 6.54 Å². The molecule has 0 spiro atoms. The average molecular weight is 399 g/mol. The van der Waals surface area contributed by atoms with Crippen molar-refractivity contribution in [2.75, 3.05) is 36.4 Å². The first-order valence-electron chi connectivity index (χ1n) is 9.22. The zero-order valence-corrected chi connectivity index (χ0v) is 16.7. The second-order valence-electron chi connectivity index (χ2n) is 6.73. The largest absolute Gasteiger partial charge is 0.380 e. The van der Waals surface area contributed by atoms with Crippen molar-refractivity contribution in [3.8, 4) is 0 Å². The number of thiazole rings is 1. The third-order valence-electron chi connectivity index (χ3n) is 4.85. The van der Waals surface area contributed by atoms with Gasteiger partial charge in [-0.2, -0.15) is 0 Å². The molecule has 0 unspecified atom stereocenters. The molecular weight excluding hydrogens is 376 g/mol. The maximum atomic E-state index is 5.88. The normalized spacial score (nSPS) is 15.1. The first kappa shape index (κ1) is 18.3. The van der Waals surface area contributed by atoms with E-state index in [0.29, 0.717) is 4.47 Å². The molecule has 0 atom stereocenters. The van der Waals surface area contributed by atoms with Crippen molar-refractivity contribution in [2.24, 2.45) is 0 Å². The summed E-state index contributed by atoms with van der Waals surface area (Å²) in [5, 5.41) is 3.42. The minimum absolute atomic E-state index is 0.591. The van der Waals surface area contributed by atoms with Gasteiger partial charge in [0.2, 0.25) is 0 Å². The molecule has 27 heavy (non-hydrogen) atoms. The Balaban J connectivity index is 1.27. The fourth-order valence-corrected chi connectivity index (χ4v) is 4.27. The van der Waals surface area contributed by atoms with E-state index < -0.39 is 0 Å². The van der Waals surface area contributed by atoms with Gasteiger partial charge >= 0.3 is 0 Å². The Morgan fingerprint density at radius 3 is 2.37 bits per heavy atom. The summed E-state index contributed by atoms with van der Waals surface area (Å²) in [5.74, 6) is 0. The number of nitrogens with zero attached hydrogens (tertiary/aromatic N) is 3. The monoisotopic (exact) mass is 398 g/mol. The van der Waals surface area contributed by atoms with Gasteiger partial charge in [0.25, 0.3) is 0 Å². The molecule has 1 aliphatic rings. The van der Waals surface area contributed by atoms with Crippen LogP contribution in [0.5, 0.6) is 0 Å². The number of benzene rings is 2. The number of halogens is 1. The number of rotatable bonds is 6. The van der Waals surface area contributed by atoms with Crippen LogP contribution < -0.4 is 10.2 Å². The summed E-state index contributed by atoms with van der Waals surface area (Å²) in [5.41, 5.74) is 3.80. The highest BCUT2D eigenvalue weighted by molar-refractivity contribution is 7.15. The van der Waals surface area contributed by atoms with Crippen LogP contribution in [-0.2, 0) is 13.1 Å². The van der Waals surface area contributed by atoms with Crippen LogP contribution in [0.1, 0.15) is 10.4 Å². The standard InChI is InChI=1S/C21H23ClN4S/c22-21-24-15-20(27-21)14-23-18-6-8-19(9-7-18)26-12-10-25(11-13-26)16-17-4-2-1-3-5-17/h1-9,15,23H,10-14,16H2. The minimum Gasteiger partial charge on any atom is -0.380 e. The summed E-state index contributed by atoms with van der Waals surface area (Å²) in [6, 6.07) is 19.4. The molecule has 4 nitrogen and oxygen atoms in total. The molecule has 2 aromatic carbocycles. The molecule has 3 aromatic rings. The lowest BCUT2D eigenvalue weighted by atomic mass is 10.2. The predicted octanol–water partition coefficient (Wildman–Crippen LogP) is 4.73. The maximum absolute atomic E-state index is 5.88. The van der Waals surface area contributed by atoms with Crippen LogP contribution in [0.25, 0.3) is 0 Å². The lowest BCUT2D eigenvalue weighted by Gasteiger charge is -2.36. The lowest BCUT2D eigenvalue weighted by Crippen LogP contribution is -2.45. The van der Waals surface area contributed by atoms with E-state index >= 15 is 0 Å². The molecule has 1 fully saturated rings. The molecule has 0 amide bonds. The summed E-state index contributed by atoms with van der Waals surface area (Å²) >= 11 is 7.39. The SMILES string of the molecule is Clc1ncc(CNc2ccc(N3CCN(Cc4ccccc4)CC3)cc2)s1. The average Bonchev–Trinajstić information content (AvgIpc) is 3.13. The molecule has 140 valence electrons. The Bertz CT molecular complexity index is 842. The van der Waals surface area contributed by atoms with Crippen LogP contribution >= 0.6 is 22.9 Å². The molecule has 4 rings (SSSR count). The summed E-state index contributed by atoms with van der Waals surface area (Å²) in [4.78, 5) is 10.2. The van der Waals surface area contributed by atoms with E-state index in [0.717, 1.165) is 49.8 Å². The fraction of sp³-hybridized carbons (Fsp3) is 0.286. The van der Waals surface area contributed by atoms with Crippen molar-refractivity contribution in [1.82, 2.24) is 9.88 Å². The molecule has 0 bridgehead atoms. The second-order valence-corrected chi connectivity index (χ2v) is 8.43. The fourth-order valence-electron chi connectivity index (χ4n) is 3.35. The predicted molar refractivity (Wildman–Crippen MR) is 115 cm³/mol. The number of hydrogen-bond donors (Lipinski definition) is 1. The molecule has 2 heterocycles. The zero-order chi connectivity index (χ0) is 18.5. The van der Waals surface area contributed by atoms with Crippen LogP contribution in [0.3, 0.4) is 0 Å². The Hall–Kier alpha value is -2.08. The summed E-state index contributed by atoms with van der Waals surface area (Å²) in [6.07, 6.45) is 1.82. The van der Waals surface area contributed by atoms with Crippen LogP contribution in [0.2, 0.25) is 4.47 Å². The van der Waals surface area contributed by atoms with Crippen LogP contribution in [0, 0.1) is 0 Å². The van der Waals surface area contributed by atoms with Crippen molar-refractivity contribution >= 4 is 34.3 Å². The second kappa shape index (κ2) is 8.74. The smallest absolute Gasteiger partial charge is 0.183 e. The van der Waals surface area contributed by atoms with E-state index in [1.54, 1.807) is 0 Å². The Morgan fingerprint density at radius 1 is 0.963 bits per heavy atom. The minimum atomic E-state index is 0.591. The van der Waals surface area contributed by atoms with Gasteiger partial charge in [-0.05, 0) is 29.8 Å². The van der Waals surface area contributed by atoms with E-state index in [1.165, 1.54) is 22.6 Å². The molecule has 1 N–H and O–H groups in total. The van der Waals surface area contributed by atoms with Gasteiger partial charge in [-0.25, -0.2) is 4.98 Å². The molecular formula is C21H23ClN4S. The van der Waals surface area contributed by atoms with Gasteiger partial charge < -0.3 is 10.2 Å². The quantitative estimate of drug-likeness (QED) is 0.650. The van der Waals surface area contributed by atoms with Gasteiger partial charge in [0, 0.05) is 55.2 Å². The van der Waals surface area contributed by atoms with Crippen molar-refractivity contribution in [2.45, 2.75) is 13.1 Å².